The van der Waals surface area contributed by atoms with Crippen molar-refractivity contribution in [2.24, 2.45) is 0 Å². The van der Waals surface area contributed by atoms with E-state index in [1.807, 2.05) is 0 Å². The van der Waals surface area contributed by atoms with E-state index < -0.39 is 0 Å². The van der Waals surface area contributed by atoms with Gasteiger partial charge in [0.05, 0.1) is 0 Å². The summed E-state index contributed by atoms with van der Waals surface area (Å²) in [6.07, 6.45) is 0. The van der Waals surface area contributed by atoms with Crippen LogP contribution in [0.15, 0.2) is 34.9 Å². The summed E-state index contributed by atoms with van der Waals surface area (Å²) in [5.41, 5.74) is 1.51. The molecule has 0 radical (unpaired) electrons. The third kappa shape index (κ3) is 3.41. The number of benzene rings is 1. The number of nitrogens with zero attached hydrogens (tertiary/aromatic N) is 1. The summed E-state index contributed by atoms with van der Waals surface area (Å²) >= 11 is 0. The average Bonchev–Trinajstić information content (AvgIpc) is 2.78. The van der Waals surface area contributed by atoms with E-state index in [1.54, 1.807) is 37.3 Å². The first-order valence-corrected chi connectivity index (χ1v) is 5.67. The van der Waals surface area contributed by atoms with Crippen molar-refractivity contribution >= 4 is 23.2 Å². The number of carbonyl (C=O) groups excluding carboxylic acids is 2. The molecule has 6 nitrogen and oxygen atoms in total. The second-order valence-corrected chi connectivity index (χ2v) is 4.04. The summed E-state index contributed by atoms with van der Waals surface area (Å²) < 4.78 is 4.83. The standard InChI is InChI=1S/C13H13N3O3/c1-8-7-12(16-19-8)13(18)15-11-5-3-10(4-6-11)14-9(2)17/h3-7H,1-2H3,(H,14,17)(H,15,18). The van der Waals surface area contributed by atoms with Gasteiger partial charge in [0.25, 0.3) is 5.91 Å². The first-order valence-electron chi connectivity index (χ1n) is 5.67. The summed E-state index contributed by atoms with van der Waals surface area (Å²) in [5, 5.41) is 8.94. The van der Waals surface area contributed by atoms with Crippen molar-refractivity contribution in [3.05, 3.63) is 41.8 Å². The molecule has 2 amide bonds. The topological polar surface area (TPSA) is 84.2 Å². The van der Waals surface area contributed by atoms with Crippen LogP contribution >= 0.6 is 0 Å². The number of aryl methyl sites for hydroxylation is 1. The van der Waals surface area contributed by atoms with E-state index in [0.29, 0.717) is 17.1 Å². The van der Waals surface area contributed by atoms with Gasteiger partial charge in [-0.3, -0.25) is 9.59 Å². The molecule has 98 valence electrons. The van der Waals surface area contributed by atoms with Crippen molar-refractivity contribution in [2.45, 2.75) is 13.8 Å². The lowest BCUT2D eigenvalue weighted by molar-refractivity contribution is -0.114. The number of carbonyl (C=O) groups is 2. The molecule has 0 bridgehead atoms. The van der Waals surface area contributed by atoms with Gasteiger partial charge < -0.3 is 15.2 Å². The summed E-state index contributed by atoms with van der Waals surface area (Å²) in [6, 6.07) is 8.34. The van der Waals surface area contributed by atoms with Crippen LogP contribution in [0.1, 0.15) is 23.2 Å². The Hall–Kier alpha value is -2.63. The van der Waals surface area contributed by atoms with Crippen LogP contribution in [0.4, 0.5) is 11.4 Å². The van der Waals surface area contributed by atoms with Gasteiger partial charge in [-0.1, -0.05) is 5.16 Å². The molecule has 6 heteroatoms. The highest BCUT2D eigenvalue weighted by molar-refractivity contribution is 6.03. The van der Waals surface area contributed by atoms with Gasteiger partial charge in [0.15, 0.2) is 5.69 Å². The van der Waals surface area contributed by atoms with E-state index in [-0.39, 0.29) is 17.5 Å². The normalized spacial score (nSPS) is 10.0. The number of hydrogen-bond donors (Lipinski definition) is 2. The van der Waals surface area contributed by atoms with E-state index in [2.05, 4.69) is 15.8 Å². The van der Waals surface area contributed by atoms with Gasteiger partial charge in [0.2, 0.25) is 5.91 Å². The minimum Gasteiger partial charge on any atom is -0.361 e. The molecule has 2 rings (SSSR count). The molecule has 0 spiro atoms. The Morgan fingerprint density at radius 2 is 1.68 bits per heavy atom. The predicted molar refractivity (Wildman–Crippen MR) is 69.9 cm³/mol. The molecule has 1 aromatic carbocycles. The van der Waals surface area contributed by atoms with Gasteiger partial charge in [-0.05, 0) is 31.2 Å². The van der Waals surface area contributed by atoms with Gasteiger partial charge in [-0.25, -0.2) is 0 Å². The van der Waals surface area contributed by atoms with Crippen molar-refractivity contribution < 1.29 is 14.1 Å². The molecule has 1 heterocycles. The predicted octanol–water partition coefficient (Wildman–Crippen LogP) is 2.19. The Morgan fingerprint density at radius 1 is 1.11 bits per heavy atom. The Balaban J connectivity index is 2.03. The second kappa shape index (κ2) is 5.34. The van der Waals surface area contributed by atoms with E-state index in [1.165, 1.54) is 6.92 Å². The fourth-order valence-corrected chi connectivity index (χ4v) is 1.51. The number of aromatic nitrogens is 1. The van der Waals surface area contributed by atoms with Crippen molar-refractivity contribution in [2.75, 3.05) is 10.6 Å². The Bertz CT molecular complexity index is 602. The molecular weight excluding hydrogens is 246 g/mol. The maximum Gasteiger partial charge on any atom is 0.277 e. The molecule has 2 N–H and O–H groups in total. The van der Waals surface area contributed by atoms with Crippen LogP contribution in [-0.4, -0.2) is 17.0 Å². The quantitative estimate of drug-likeness (QED) is 0.884. The number of anilines is 2. The van der Waals surface area contributed by atoms with Crippen LogP contribution in [0.25, 0.3) is 0 Å². The summed E-state index contributed by atoms with van der Waals surface area (Å²) in [7, 11) is 0. The Labute approximate surface area is 109 Å². The van der Waals surface area contributed by atoms with Gasteiger partial charge in [0.1, 0.15) is 5.76 Å². The fourth-order valence-electron chi connectivity index (χ4n) is 1.51. The SMILES string of the molecule is CC(=O)Nc1ccc(NC(=O)c2cc(C)on2)cc1. The number of rotatable bonds is 3. The molecule has 19 heavy (non-hydrogen) atoms. The molecule has 0 aliphatic carbocycles. The maximum absolute atomic E-state index is 11.8. The summed E-state index contributed by atoms with van der Waals surface area (Å²) in [5.74, 6) is 0.0881. The van der Waals surface area contributed by atoms with Crippen molar-refractivity contribution in [3.8, 4) is 0 Å². The highest BCUT2D eigenvalue weighted by Crippen LogP contribution is 2.14. The molecule has 0 saturated heterocycles. The molecule has 0 atom stereocenters. The van der Waals surface area contributed by atoms with Gasteiger partial charge in [-0.15, -0.1) is 0 Å². The fraction of sp³-hybridized carbons (Fsp3) is 0.154. The molecule has 0 aliphatic heterocycles. The summed E-state index contributed by atoms with van der Waals surface area (Å²) in [6.45, 7) is 3.15. The van der Waals surface area contributed by atoms with E-state index in [4.69, 9.17) is 4.52 Å². The lowest BCUT2D eigenvalue weighted by Gasteiger charge is -2.05. The lowest BCUT2D eigenvalue weighted by Crippen LogP contribution is -2.12. The smallest absolute Gasteiger partial charge is 0.277 e. The van der Waals surface area contributed by atoms with E-state index in [9.17, 15) is 9.59 Å². The van der Waals surface area contributed by atoms with Crippen molar-refractivity contribution in [1.82, 2.24) is 5.16 Å². The Kier molecular flexibility index (Phi) is 3.61. The van der Waals surface area contributed by atoms with Gasteiger partial charge >= 0.3 is 0 Å². The molecule has 0 aliphatic rings. The monoisotopic (exact) mass is 259 g/mol. The van der Waals surface area contributed by atoms with Crippen LogP contribution in [0, 0.1) is 6.92 Å². The molecule has 1 aromatic heterocycles. The van der Waals surface area contributed by atoms with Crippen molar-refractivity contribution in [3.63, 3.8) is 0 Å². The first-order chi connectivity index (χ1) is 9.04. The largest absolute Gasteiger partial charge is 0.361 e. The van der Waals surface area contributed by atoms with Gasteiger partial charge in [0, 0.05) is 24.4 Å². The lowest BCUT2D eigenvalue weighted by atomic mass is 10.2. The third-order valence-electron chi connectivity index (χ3n) is 2.32. The molecule has 2 aromatic rings. The zero-order chi connectivity index (χ0) is 13.8. The Morgan fingerprint density at radius 3 is 2.16 bits per heavy atom. The molecule has 0 saturated carbocycles. The molecule has 0 unspecified atom stereocenters. The van der Waals surface area contributed by atoms with Gasteiger partial charge in [-0.2, -0.15) is 0 Å². The summed E-state index contributed by atoms with van der Waals surface area (Å²) in [4.78, 5) is 22.7. The average molecular weight is 259 g/mol. The van der Waals surface area contributed by atoms with Crippen LogP contribution in [0.3, 0.4) is 0 Å². The van der Waals surface area contributed by atoms with Crippen LogP contribution in [-0.2, 0) is 4.79 Å². The zero-order valence-electron chi connectivity index (χ0n) is 10.6. The minimum atomic E-state index is -0.343. The van der Waals surface area contributed by atoms with E-state index in [0.717, 1.165) is 0 Å². The third-order valence-corrected chi connectivity index (χ3v) is 2.32. The molecular formula is C13H13N3O3. The maximum atomic E-state index is 11.8. The van der Waals surface area contributed by atoms with E-state index >= 15 is 0 Å². The number of amides is 2. The zero-order valence-corrected chi connectivity index (χ0v) is 10.6. The highest BCUT2D eigenvalue weighted by Gasteiger charge is 2.10. The highest BCUT2D eigenvalue weighted by atomic mass is 16.5. The van der Waals surface area contributed by atoms with Crippen LogP contribution in [0.5, 0.6) is 0 Å². The number of nitrogens with one attached hydrogen (secondary N) is 2. The minimum absolute atomic E-state index is 0.144. The van der Waals surface area contributed by atoms with Crippen molar-refractivity contribution in [1.29, 1.82) is 0 Å². The molecule has 0 fully saturated rings. The second-order valence-electron chi connectivity index (χ2n) is 4.04. The first kappa shape index (κ1) is 12.8. The van der Waals surface area contributed by atoms with Crippen LogP contribution < -0.4 is 10.6 Å². The van der Waals surface area contributed by atoms with Crippen LogP contribution in [0.2, 0.25) is 0 Å². The number of hydrogen-bond acceptors (Lipinski definition) is 4.